The number of fused-ring (bicyclic) bond motifs is 1. The number of thioether (sulfide) groups is 1. The Balaban J connectivity index is 1.89. The van der Waals surface area contributed by atoms with Crippen molar-refractivity contribution >= 4 is 11.8 Å². The van der Waals surface area contributed by atoms with Gasteiger partial charge in [0.05, 0.1) is 6.10 Å². The van der Waals surface area contributed by atoms with Crippen LogP contribution in [0.15, 0.2) is 17.0 Å². The van der Waals surface area contributed by atoms with Gasteiger partial charge in [0.25, 0.3) is 5.92 Å². The third-order valence-electron chi connectivity index (χ3n) is 4.68. The highest BCUT2D eigenvalue weighted by atomic mass is 32.2. The maximum Gasteiger partial charge on any atom is 0.446 e. The van der Waals surface area contributed by atoms with Gasteiger partial charge in [0, 0.05) is 41.2 Å². The van der Waals surface area contributed by atoms with Crippen molar-refractivity contribution in [2.75, 3.05) is 0 Å². The maximum atomic E-state index is 13.9. The molecule has 0 radical (unpaired) electrons. The van der Waals surface area contributed by atoms with Crippen molar-refractivity contribution in [3.63, 3.8) is 0 Å². The van der Waals surface area contributed by atoms with Crippen LogP contribution >= 0.6 is 11.8 Å². The van der Waals surface area contributed by atoms with Crippen molar-refractivity contribution in [3.8, 4) is 5.75 Å². The fraction of sp³-hybridized carbons (Fsp3) is 0.625. The monoisotopic (exact) mass is 404 g/mol. The van der Waals surface area contributed by atoms with Gasteiger partial charge in [0.1, 0.15) is 11.9 Å². The fourth-order valence-electron chi connectivity index (χ4n) is 3.31. The first-order chi connectivity index (χ1) is 11.8. The van der Waals surface area contributed by atoms with Gasteiger partial charge in [-0.3, -0.25) is 0 Å². The highest BCUT2D eigenvalue weighted by molar-refractivity contribution is 8.00. The second kappa shape index (κ2) is 6.19. The number of halogens is 7. The van der Waals surface area contributed by atoms with E-state index >= 15 is 0 Å². The second-order valence-corrected chi connectivity index (χ2v) is 7.80. The summed E-state index contributed by atoms with van der Waals surface area (Å²) >= 11 is -0.588. The lowest BCUT2D eigenvalue weighted by Gasteiger charge is -2.38. The van der Waals surface area contributed by atoms with E-state index in [1.165, 1.54) is 6.92 Å². The summed E-state index contributed by atoms with van der Waals surface area (Å²) in [6.45, 7) is 1.51. The molecule has 1 aromatic carbocycles. The first-order valence-electron chi connectivity index (χ1n) is 7.81. The van der Waals surface area contributed by atoms with E-state index in [2.05, 4.69) is 0 Å². The molecule has 0 aromatic heterocycles. The van der Waals surface area contributed by atoms with Gasteiger partial charge in [-0.25, -0.2) is 17.6 Å². The number of hydrogen-bond acceptors (Lipinski definition) is 3. The number of hydrogen-bond donors (Lipinski definition) is 1. The minimum Gasteiger partial charge on any atom is -0.490 e. The SMILES string of the molecule is CC(Oc1ccc(SC(F)(F)F)c2c1CC(F)(F)C2O)C1CC(F)(F)C1. The van der Waals surface area contributed by atoms with Gasteiger partial charge >= 0.3 is 5.51 Å². The molecule has 0 amide bonds. The van der Waals surface area contributed by atoms with Crippen molar-refractivity contribution in [1.29, 1.82) is 0 Å². The zero-order chi connectivity index (χ0) is 19.5. The van der Waals surface area contributed by atoms with Gasteiger partial charge in [-0.2, -0.15) is 13.2 Å². The van der Waals surface area contributed by atoms with Crippen LogP contribution in [0.4, 0.5) is 30.7 Å². The molecule has 1 N–H and O–H groups in total. The summed E-state index contributed by atoms with van der Waals surface area (Å²) in [4.78, 5) is -0.521. The van der Waals surface area contributed by atoms with Crippen LogP contribution in [0.5, 0.6) is 5.75 Å². The molecular weight excluding hydrogens is 389 g/mol. The van der Waals surface area contributed by atoms with Gasteiger partial charge in [-0.05, 0) is 30.8 Å². The topological polar surface area (TPSA) is 29.5 Å². The summed E-state index contributed by atoms with van der Waals surface area (Å²) in [5.74, 6) is -6.99. The van der Waals surface area contributed by atoms with Crippen LogP contribution in [-0.2, 0) is 6.42 Å². The molecule has 0 saturated heterocycles. The number of ether oxygens (including phenoxy) is 1. The van der Waals surface area contributed by atoms with Crippen molar-refractivity contribution in [3.05, 3.63) is 23.3 Å². The summed E-state index contributed by atoms with van der Waals surface area (Å²) in [5.41, 5.74) is -5.44. The second-order valence-electron chi connectivity index (χ2n) is 6.69. The van der Waals surface area contributed by atoms with Crippen molar-refractivity contribution in [2.45, 2.75) is 60.6 Å². The fourth-order valence-corrected chi connectivity index (χ4v) is 4.04. The van der Waals surface area contributed by atoms with Crippen LogP contribution in [-0.4, -0.2) is 28.6 Å². The third kappa shape index (κ3) is 3.76. The number of alkyl halides is 7. The number of benzene rings is 1. The molecule has 26 heavy (non-hydrogen) atoms. The number of rotatable bonds is 4. The molecule has 0 aliphatic heterocycles. The van der Waals surface area contributed by atoms with Gasteiger partial charge in [-0.15, -0.1) is 0 Å². The molecule has 2 nitrogen and oxygen atoms in total. The Morgan fingerprint density at radius 1 is 1.19 bits per heavy atom. The van der Waals surface area contributed by atoms with Crippen LogP contribution in [0.3, 0.4) is 0 Å². The summed E-state index contributed by atoms with van der Waals surface area (Å²) in [7, 11) is 0. The summed E-state index contributed by atoms with van der Waals surface area (Å²) in [5, 5.41) is 9.80. The normalized spacial score (nSPS) is 25.5. The van der Waals surface area contributed by atoms with E-state index in [1.807, 2.05) is 0 Å². The average Bonchev–Trinajstić information content (AvgIpc) is 2.69. The standard InChI is InChI=1S/C16H15F7O2S/c1-7(8-4-14(17,18)5-8)25-10-2-3-11(26-16(21,22)23)12-9(10)6-15(19,20)13(12)24/h2-3,7-8,13,24H,4-6H2,1H3. The lowest BCUT2D eigenvalue weighted by molar-refractivity contribution is -0.133. The molecule has 2 aliphatic carbocycles. The third-order valence-corrected chi connectivity index (χ3v) is 5.49. The summed E-state index contributed by atoms with van der Waals surface area (Å²) in [6.07, 6.45) is -4.85. The number of aliphatic hydroxyl groups excluding tert-OH is 1. The Hall–Kier alpha value is -1.16. The molecule has 1 saturated carbocycles. The Labute approximate surface area is 148 Å². The molecule has 3 rings (SSSR count). The molecule has 2 unspecified atom stereocenters. The predicted octanol–water partition coefficient (Wildman–Crippen LogP) is 5.34. The Morgan fingerprint density at radius 2 is 1.81 bits per heavy atom. The van der Waals surface area contributed by atoms with E-state index in [0.29, 0.717) is 0 Å². The zero-order valence-electron chi connectivity index (χ0n) is 13.4. The largest absolute Gasteiger partial charge is 0.490 e. The summed E-state index contributed by atoms with van der Waals surface area (Å²) in [6, 6.07) is 2.08. The lowest BCUT2D eigenvalue weighted by Crippen LogP contribution is -2.43. The molecule has 1 fully saturated rings. The molecular formula is C16H15F7O2S. The van der Waals surface area contributed by atoms with E-state index in [1.54, 1.807) is 0 Å². The molecule has 0 bridgehead atoms. The number of aliphatic hydroxyl groups is 1. The van der Waals surface area contributed by atoms with Crippen LogP contribution in [0.1, 0.15) is 37.0 Å². The molecule has 1 aromatic rings. The van der Waals surface area contributed by atoms with Crippen molar-refractivity contribution in [2.24, 2.45) is 5.92 Å². The molecule has 0 spiro atoms. The Bertz CT molecular complexity index is 697. The Kier molecular flexibility index (Phi) is 4.66. The van der Waals surface area contributed by atoms with E-state index in [-0.39, 0.29) is 11.3 Å². The van der Waals surface area contributed by atoms with E-state index in [9.17, 15) is 35.8 Å². The highest BCUT2D eigenvalue weighted by Gasteiger charge is 2.51. The smallest absolute Gasteiger partial charge is 0.446 e. The molecule has 10 heteroatoms. The average molecular weight is 404 g/mol. The van der Waals surface area contributed by atoms with Gasteiger partial charge in [0.15, 0.2) is 0 Å². The van der Waals surface area contributed by atoms with Crippen LogP contribution in [0.2, 0.25) is 0 Å². The van der Waals surface area contributed by atoms with Crippen molar-refractivity contribution in [1.82, 2.24) is 0 Å². The molecule has 2 aliphatic rings. The van der Waals surface area contributed by atoms with Gasteiger partial charge in [-0.1, -0.05) is 0 Å². The maximum absolute atomic E-state index is 13.9. The van der Waals surface area contributed by atoms with Gasteiger partial charge < -0.3 is 9.84 Å². The quantitative estimate of drug-likeness (QED) is 0.543. The van der Waals surface area contributed by atoms with E-state index < -0.39 is 77.0 Å². The van der Waals surface area contributed by atoms with E-state index in [4.69, 9.17) is 4.74 Å². The molecule has 146 valence electrons. The first kappa shape index (κ1) is 19.6. The zero-order valence-corrected chi connectivity index (χ0v) is 14.2. The highest BCUT2D eigenvalue weighted by Crippen LogP contribution is 2.53. The molecule has 0 heterocycles. The summed E-state index contributed by atoms with van der Waals surface area (Å²) < 4.78 is 97.3. The van der Waals surface area contributed by atoms with Crippen molar-refractivity contribution < 1.29 is 40.6 Å². The predicted molar refractivity (Wildman–Crippen MR) is 79.7 cm³/mol. The van der Waals surface area contributed by atoms with E-state index in [0.717, 1.165) is 12.1 Å². The minimum absolute atomic E-state index is 0.106. The van der Waals surface area contributed by atoms with Gasteiger partial charge in [0.2, 0.25) is 5.92 Å². The van der Waals surface area contributed by atoms with Crippen LogP contribution in [0.25, 0.3) is 0 Å². The minimum atomic E-state index is -4.71. The lowest BCUT2D eigenvalue weighted by atomic mass is 9.78. The Morgan fingerprint density at radius 3 is 2.35 bits per heavy atom. The first-order valence-corrected chi connectivity index (χ1v) is 8.63. The van der Waals surface area contributed by atoms with Crippen LogP contribution < -0.4 is 4.74 Å². The molecule has 2 atom stereocenters. The van der Waals surface area contributed by atoms with Crippen LogP contribution in [0, 0.1) is 5.92 Å².